The zero-order valence-electron chi connectivity index (χ0n) is 14.0. The van der Waals surface area contributed by atoms with E-state index < -0.39 is 65.1 Å². The number of carbonyl (C=O) groups is 2. The van der Waals surface area contributed by atoms with Crippen molar-refractivity contribution in [1.82, 2.24) is 0 Å². The molecule has 2 aliphatic heterocycles. The third-order valence-electron chi connectivity index (χ3n) is 7.02. The van der Waals surface area contributed by atoms with E-state index in [4.69, 9.17) is 9.47 Å². The molecule has 25 heavy (non-hydrogen) atoms. The van der Waals surface area contributed by atoms with E-state index >= 15 is 0 Å². The van der Waals surface area contributed by atoms with Crippen molar-refractivity contribution < 1.29 is 39.5 Å². The zero-order chi connectivity index (χ0) is 18.4. The topological polar surface area (TPSA) is 140 Å². The van der Waals surface area contributed by atoms with E-state index in [9.17, 15) is 30.0 Å². The summed E-state index contributed by atoms with van der Waals surface area (Å²) in [6.07, 6.45) is -2.53. The average Bonchev–Trinajstić information content (AvgIpc) is 3.28. The fraction of sp³-hybridized carbons (Fsp3) is 0.765. The van der Waals surface area contributed by atoms with E-state index in [0.717, 1.165) is 0 Å². The van der Waals surface area contributed by atoms with Crippen LogP contribution in [0.5, 0.6) is 0 Å². The molecule has 0 aromatic carbocycles. The SMILES string of the molecule is CC1=C[C@H]2O[C@@H]3[C@@](O)(CC(=O)[O-])C[C@](C)([C@@]2(CO)[C@H](O)C1=O)[C@]31CO1. The summed E-state index contributed by atoms with van der Waals surface area (Å²) in [4.78, 5) is 23.6. The van der Waals surface area contributed by atoms with E-state index in [-0.39, 0.29) is 13.0 Å². The number of carboxylic acids is 1. The lowest BCUT2D eigenvalue weighted by atomic mass is 9.50. The minimum atomic E-state index is -1.77. The molecule has 0 aromatic heterocycles. The van der Waals surface area contributed by atoms with Crippen LogP contribution in [-0.2, 0) is 19.1 Å². The molecule has 0 unspecified atom stereocenters. The van der Waals surface area contributed by atoms with Gasteiger partial charge in [-0.1, -0.05) is 6.92 Å². The summed E-state index contributed by atoms with van der Waals surface area (Å²) in [5.74, 6) is -1.94. The highest BCUT2D eigenvalue weighted by atomic mass is 16.6. The van der Waals surface area contributed by atoms with Gasteiger partial charge in [-0.05, 0) is 25.0 Å². The number of hydrogen-bond acceptors (Lipinski definition) is 8. The number of ether oxygens (including phenoxy) is 2. The Morgan fingerprint density at radius 2 is 2.12 bits per heavy atom. The van der Waals surface area contributed by atoms with Crippen molar-refractivity contribution >= 4 is 11.8 Å². The number of aliphatic hydroxyl groups excluding tert-OH is 2. The fourth-order valence-electron chi connectivity index (χ4n) is 5.66. The number of aliphatic hydroxyl groups is 3. The van der Waals surface area contributed by atoms with Gasteiger partial charge in [0.2, 0.25) is 0 Å². The third-order valence-corrected chi connectivity index (χ3v) is 7.02. The first-order chi connectivity index (χ1) is 11.6. The van der Waals surface area contributed by atoms with Crippen molar-refractivity contribution in [3.8, 4) is 0 Å². The largest absolute Gasteiger partial charge is 0.550 e. The smallest absolute Gasteiger partial charge is 0.187 e. The lowest BCUT2D eigenvalue weighted by molar-refractivity contribution is -0.311. The summed E-state index contributed by atoms with van der Waals surface area (Å²) in [6, 6.07) is 0. The van der Waals surface area contributed by atoms with Crippen molar-refractivity contribution in [3.05, 3.63) is 11.6 Å². The number of rotatable bonds is 3. The summed E-state index contributed by atoms with van der Waals surface area (Å²) in [6.45, 7) is 2.90. The number of carboxylic acid groups (broad SMARTS) is 1. The first-order valence-electron chi connectivity index (χ1n) is 8.31. The second kappa shape index (κ2) is 4.69. The Balaban J connectivity index is 1.92. The van der Waals surface area contributed by atoms with Crippen LogP contribution in [0.1, 0.15) is 26.7 Å². The molecule has 3 N–H and O–H groups in total. The van der Waals surface area contributed by atoms with Crippen LogP contribution in [0.2, 0.25) is 0 Å². The van der Waals surface area contributed by atoms with Crippen LogP contribution in [-0.4, -0.2) is 69.8 Å². The van der Waals surface area contributed by atoms with Crippen LogP contribution in [0.15, 0.2) is 11.6 Å². The summed E-state index contributed by atoms with van der Waals surface area (Å²) < 4.78 is 11.6. The van der Waals surface area contributed by atoms with E-state index in [1.807, 2.05) is 0 Å². The summed E-state index contributed by atoms with van der Waals surface area (Å²) in [7, 11) is 0. The Labute approximate surface area is 144 Å². The van der Waals surface area contributed by atoms with Crippen molar-refractivity contribution in [2.45, 2.75) is 56.2 Å². The second-order valence-corrected chi connectivity index (χ2v) is 8.09. The number of fused-ring (bicyclic) bond motifs is 2. The van der Waals surface area contributed by atoms with Gasteiger partial charge in [-0.25, -0.2) is 0 Å². The molecule has 2 bridgehead atoms. The third kappa shape index (κ3) is 1.69. The molecule has 3 fully saturated rings. The predicted molar refractivity (Wildman–Crippen MR) is 78.9 cm³/mol. The summed E-state index contributed by atoms with van der Waals surface area (Å²) in [5, 5.41) is 43.3. The van der Waals surface area contributed by atoms with Crippen LogP contribution >= 0.6 is 0 Å². The minimum Gasteiger partial charge on any atom is -0.550 e. The quantitative estimate of drug-likeness (QED) is 0.480. The van der Waals surface area contributed by atoms with E-state index in [0.29, 0.717) is 5.57 Å². The maximum Gasteiger partial charge on any atom is 0.187 e. The molecule has 7 atom stereocenters. The highest BCUT2D eigenvalue weighted by molar-refractivity contribution is 6.00. The van der Waals surface area contributed by atoms with E-state index in [2.05, 4.69) is 0 Å². The van der Waals surface area contributed by atoms with Crippen LogP contribution < -0.4 is 5.11 Å². The van der Waals surface area contributed by atoms with Gasteiger partial charge < -0.3 is 34.7 Å². The van der Waals surface area contributed by atoms with Crippen molar-refractivity contribution in [1.29, 1.82) is 0 Å². The first-order valence-corrected chi connectivity index (χ1v) is 8.31. The van der Waals surface area contributed by atoms with E-state index in [1.165, 1.54) is 6.08 Å². The highest BCUT2D eigenvalue weighted by Gasteiger charge is 2.85. The molecule has 1 saturated carbocycles. The van der Waals surface area contributed by atoms with Gasteiger partial charge in [0, 0.05) is 17.8 Å². The molecule has 8 heteroatoms. The molecular formula is C17H21O8-. The number of ketones is 1. The lowest BCUT2D eigenvalue weighted by Crippen LogP contribution is -2.70. The molecule has 8 nitrogen and oxygen atoms in total. The molecule has 2 saturated heterocycles. The van der Waals surface area contributed by atoms with Gasteiger partial charge in [0.1, 0.15) is 17.8 Å². The van der Waals surface area contributed by atoms with E-state index in [1.54, 1.807) is 13.8 Å². The molecule has 1 spiro atoms. The van der Waals surface area contributed by atoms with Crippen LogP contribution in [0.25, 0.3) is 0 Å². The second-order valence-electron chi connectivity index (χ2n) is 8.09. The van der Waals surface area contributed by atoms with Crippen molar-refractivity contribution in [3.63, 3.8) is 0 Å². The first kappa shape index (κ1) is 17.1. The summed E-state index contributed by atoms with van der Waals surface area (Å²) >= 11 is 0. The van der Waals surface area contributed by atoms with Crippen LogP contribution in [0.3, 0.4) is 0 Å². The normalized spacial score (nSPS) is 53.6. The van der Waals surface area contributed by atoms with Crippen LogP contribution in [0.4, 0.5) is 0 Å². The van der Waals surface area contributed by atoms with Crippen molar-refractivity contribution in [2.75, 3.05) is 13.2 Å². The molecule has 4 aliphatic rings. The number of epoxide rings is 1. The Morgan fingerprint density at radius 3 is 2.64 bits per heavy atom. The Hall–Kier alpha value is -1.32. The highest BCUT2D eigenvalue weighted by Crippen LogP contribution is 2.73. The Bertz CT molecular complexity index is 697. The number of Topliss-reactive ketones (excluding diaryl/α,β-unsaturated/α-hetero) is 1. The average molecular weight is 353 g/mol. The Kier molecular flexibility index (Phi) is 3.21. The predicted octanol–water partition coefficient (Wildman–Crippen LogP) is -2.33. The molecule has 2 heterocycles. The number of hydrogen-bond donors (Lipinski definition) is 3. The van der Waals surface area contributed by atoms with Gasteiger partial charge in [-0.15, -0.1) is 0 Å². The maximum atomic E-state index is 12.4. The standard InChI is InChI=1S/C17H22O8/c1-8-3-9-16(6-18,12(22)11(8)21)14(2)5-15(23,4-10(19)20)13(25-9)17(14)7-24-17/h3,9,12-13,18,22-23H,4-7H2,1-2H3,(H,19,20)/p-1/t9-,12-,13-,14-,15-,16-,17+/m1/s1. The number of carbonyl (C=O) groups excluding carboxylic acids is 2. The minimum absolute atomic E-state index is 0.0903. The Morgan fingerprint density at radius 1 is 1.48 bits per heavy atom. The van der Waals surface area contributed by atoms with Crippen molar-refractivity contribution in [2.24, 2.45) is 10.8 Å². The molecule has 4 rings (SSSR count). The maximum absolute atomic E-state index is 12.4. The van der Waals surface area contributed by atoms with Gasteiger partial charge in [-0.2, -0.15) is 0 Å². The fourth-order valence-corrected chi connectivity index (χ4v) is 5.66. The zero-order valence-corrected chi connectivity index (χ0v) is 14.0. The van der Waals surface area contributed by atoms with Crippen LogP contribution in [0, 0.1) is 10.8 Å². The van der Waals surface area contributed by atoms with Gasteiger partial charge in [-0.3, -0.25) is 4.79 Å². The number of aliphatic carboxylic acids is 1. The molecular weight excluding hydrogens is 332 g/mol. The van der Waals surface area contributed by atoms with Gasteiger partial charge in [0.25, 0.3) is 0 Å². The lowest BCUT2D eigenvalue weighted by Gasteiger charge is -2.58. The summed E-state index contributed by atoms with van der Waals surface area (Å²) in [5.41, 5.74) is -4.99. The van der Waals surface area contributed by atoms with Gasteiger partial charge >= 0.3 is 0 Å². The van der Waals surface area contributed by atoms with Gasteiger partial charge in [0.15, 0.2) is 5.78 Å². The monoisotopic (exact) mass is 353 g/mol. The molecule has 0 radical (unpaired) electrons. The molecule has 0 aromatic rings. The van der Waals surface area contributed by atoms with Gasteiger partial charge in [0.05, 0.1) is 30.3 Å². The molecule has 138 valence electrons. The molecule has 2 aliphatic carbocycles. The molecule has 0 amide bonds.